The monoisotopic (exact) mass is 434 g/mol. The van der Waals surface area contributed by atoms with Crippen LogP contribution in [-0.4, -0.2) is 38.3 Å². The minimum atomic E-state index is -3.54. The number of hydrogen-bond donors (Lipinski definition) is 2. The Morgan fingerprint density at radius 3 is 2.59 bits per heavy atom. The molecule has 2 aromatic carbocycles. The lowest BCUT2D eigenvalue weighted by molar-refractivity contribution is 0.516. The zero-order chi connectivity index (χ0) is 21.0. The van der Waals surface area contributed by atoms with Crippen LogP contribution in [-0.2, 0) is 16.6 Å². The van der Waals surface area contributed by atoms with Crippen molar-refractivity contribution in [3.8, 4) is 11.3 Å². The van der Waals surface area contributed by atoms with Gasteiger partial charge in [-0.2, -0.15) is 0 Å². The number of hydrogen-bond acceptors (Lipinski definition) is 6. The van der Waals surface area contributed by atoms with E-state index in [1.165, 1.54) is 18.4 Å². The van der Waals surface area contributed by atoms with Crippen molar-refractivity contribution >= 4 is 33.0 Å². The van der Waals surface area contributed by atoms with Gasteiger partial charge in [0.1, 0.15) is 0 Å². The molecule has 0 unspecified atom stereocenters. The second-order valence-corrected chi connectivity index (χ2v) is 9.10. The van der Waals surface area contributed by atoms with Crippen LogP contribution in [0.15, 0.2) is 58.0 Å². The predicted molar refractivity (Wildman–Crippen MR) is 116 cm³/mol. The summed E-state index contributed by atoms with van der Waals surface area (Å²) in [6, 6.07) is 12.3. The number of aromatic nitrogens is 1. The van der Waals surface area contributed by atoms with E-state index in [4.69, 9.17) is 16.0 Å². The van der Waals surface area contributed by atoms with Crippen molar-refractivity contribution in [2.24, 2.45) is 0 Å². The van der Waals surface area contributed by atoms with Crippen LogP contribution >= 0.6 is 11.6 Å². The molecule has 154 valence electrons. The molecule has 1 heterocycles. The van der Waals surface area contributed by atoms with Crippen molar-refractivity contribution in [3.63, 3.8) is 0 Å². The van der Waals surface area contributed by atoms with E-state index in [1.807, 2.05) is 19.1 Å². The number of benzene rings is 2. The Bertz CT molecular complexity index is 1100. The number of rotatable bonds is 8. The van der Waals surface area contributed by atoms with Crippen LogP contribution in [0.5, 0.6) is 0 Å². The largest absolute Gasteiger partial charge is 0.439 e. The molecule has 0 aliphatic carbocycles. The summed E-state index contributed by atoms with van der Waals surface area (Å²) in [5.41, 5.74) is 2.28. The maximum atomic E-state index is 12.5. The molecule has 0 spiro atoms. The highest BCUT2D eigenvalue weighted by Gasteiger charge is 2.19. The van der Waals surface area contributed by atoms with E-state index in [2.05, 4.69) is 15.6 Å². The number of sulfonamides is 1. The molecule has 0 aliphatic heterocycles. The summed E-state index contributed by atoms with van der Waals surface area (Å²) in [5, 5.41) is 7.05. The van der Waals surface area contributed by atoms with E-state index < -0.39 is 10.0 Å². The van der Waals surface area contributed by atoms with Crippen molar-refractivity contribution in [3.05, 3.63) is 59.6 Å². The Morgan fingerprint density at radius 1 is 1.10 bits per heavy atom. The van der Waals surface area contributed by atoms with Crippen molar-refractivity contribution < 1.29 is 12.8 Å². The van der Waals surface area contributed by atoms with E-state index in [-0.39, 0.29) is 4.90 Å². The molecular formula is C20H23ClN4O3S. The first-order valence-corrected chi connectivity index (χ1v) is 10.9. The first kappa shape index (κ1) is 21.2. The molecule has 29 heavy (non-hydrogen) atoms. The maximum absolute atomic E-state index is 12.5. The number of nitrogens with zero attached hydrogens (tertiary/aromatic N) is 2. The van der Waals surface area contributed by atoms with Crippen LogP contribution in [0.1, 0.15) is 12.8 Å². The van der Waals surface area contributed by atoms with Crippen molar-refractivity contribution in [1.29, 1.82) is 0 Å². The minimum absolute atomic E-state index is 0.207. The van der Waals surface area contributed by atoms with E-state index in [0.717, 1.165) is 11.3 Å². The van der Waals surface area contributed by atoms with Gasteiger partial charge in [-0.15, -0.1) is 0 Å². The molecule has 0 fully saturated rings. The zero-order valence-corrected chi connectivity index (χ0v) is 18.0. The second-order valence-electron chi connectivity index (χ2n) is 6.51. The highest BCUT2D eigenvalue weighted by molar-refractivity contribution is 7.89. The van der Waals surface area contributed by atoms with Crippen molar-refractivity contribution in [2.45, 2.75) is 18.4 Å². The fourth-order valence-corrected chi connectivity index (χ4v) is 3.84. The van der Waals surface area contributed by atoms with Crippen LogP contribution in [0.3, 0.4) is 0 Å². The summed E-state index contributed by atoms with van der Waals surface area (Å²) in [5.74, 6) is 1.09. The smallest absolute Gasteiger partial charge is 0.242 e. The van der Waals surface area contributed by atoms with E-state index in [1.54, 1.807) is 36.5 Å². The molecule has 0 aliphatic rings. The fraction of sp³-hybridized carbons (Fsp3) is 0.250. The summed E-state index contributed by atoms with van der Waals surface area (Å²) < 4.78 is 31.9. The van der Waals surface area contributed by atoms with Gasteiger partial charge < -0.3 is 15.1 Å². The van der Waals surface area contributed by atoms with E-state index in [9.17, 15) is 8.42 Å². The van der Waals surface area contributed by atoms with E-state index >= 15 is 0 Å². The maximum Gasteiger partial charge on any atom is 0.242 e. The molecule has 9 heteroatoms. The van der Waals surface area contributed by atoms with Gasteiger partial charge in [0.15, 0.2) is 5.76 Å². The Labute approximate surface area is 175 Å². The van der Waals surface area contributed by atoms with Crippen molar-refractivity contribution in [2.75, 3.05) is 31.3 Å². The lowest BCUT2D eigenvalue weighted by Gasteiger charge is -2.16. The quantitative estimate of drug-likeness (QED) is 0.550. The third-order valence-electron chi connectivity index (χ3n) is 4.23. The van der Waals surface area contributed by atoms with Crippen LogP contribution in [0.25, 0.3) is 11.3 Å². The highest BCUT2D eigenvalue weighted by atomic mass is 35.5. The number of nitrogens with one attached hydrogen (secondary N) is 2. The molecule has 1 aromatic heterocycles. The molecule has 3 aromatic rings. The third kappa shape index (κ3) is 4.90. The standard InChI is InChI=1S/C20H23ClN4O3S/c1-4-22-17-9-8-16(29(26,27)25(2)3)11-18(17)23-13-20-24-12-19(28-20)14-6-5-7-15(21)10-14/h5-12,22-23H,4,13H2,1-3H3. The summed E-state index contributed by atoms with van der Waals surface area (Å²) in [4.78, 5) is 4.50. The number of oxazole rings is 1. The molecule has 0 atom stereocenters. The van der Waals surface area contributed by atoms with Crippen LogP contribution in [0.2, 0.25) is 5.02 Å². The molecule has 0 bridgehead atoms. The molecule has 0 radical (unpaired) electrons. The van der Waals surface area contributed by atoms with Gasteiger partial charge in [-0.1, -0.05) is 23.7 Å². The second kappa shape index (κ2) is 8.86. The minimum Gasteiger partial charge on any atom is -0.439 e. The first-order chi connectivity index (χ1) is 13.8. The van der Waals surface area contributed by atoms with Crippen LogP contribution in [0, 0.1) is 0 Å². The van der Waals surface area contributed by atoms with Gasteiger partial charge in [-0.05, 0) is 37.3 Å². The zero-order valence-electron chi connectivity index (χ0n) is 16.4. The SMILES string of the molecule is CCNc1ccc(S(=O)(=O)N(C)C)cc1NCc1ncc(-c2cccc(Cl)c2)o1. The highest BCUT2D eigenvalue weighted by Crippen LogP contribution is 2.28. The summed E-state index contributed by atoms with van der Waals surface area (Å²) in [6.07, 6.45) is 1.64. The van der Waals surface area contributed by atoms with E-state index in [0.29, 0.717) is 35.5 Å². The van der Waals surface area contributed by atoms with Gasteiger partial charge in [-0.25, -0.2) is 17.7 Å². The van der Waals surface area contributed by atoms with Gasteiger partial charge in [0, 0.05) is 31.2 Å². The van der Waals surface area contributed by atoms with Gasteiger partial charge in [0.05, 0.1) is 29.0 Å². The molecule has 0 saturated heterocycles. The topological polar surface area (TPSA) is 87.5 Å². The molecule has 7 nitrogen and oxygen atoms in total. The molecule has 0 saturated carbocycles. The normalized spacial score (nSPS) is 11.6. The molecule has 3 rings (SSSR count). The van der Waals surface area contributed by atoms with Gasteiger partial charge in [0.2, 0.25) is 15.9 Å². The molecule has 0 amide bonds. The molecule has 2 N–H and O–H groups in total. The Kier molecular flexibility index (Phi) is 6.46. The number of anilines is 2. The van der Waals surface area contributed by atoms with Gasteiger partial charge >= 0.3 is 0 Å². The van der Waals surface area contributed by atoms with Crippen LogP contribution in [0.4, 0.5) is 11.4 Å². The van der Waals surface area contributed by atoms with Gasteiger partial charge in [-0.3, -0.25) is 0 Å². The predicted octanol–water partition coefficient (Wildman–Crippen LogP) is 4.29. The lowest BCUT2D eigenvalue weighted by atomic mass is 10.2. The van der Waals surface area contributed by atoms with Crippen molar-refractivity contribution in [1.82, 2.24) is 9.29 Å². The third-order valence-corrected chi connectivity index (χ3v) is 6.28. The van der Waals surface area contributed by atoms with Crippen LogP contribution < -0.4 is 10.6 Å². The first-order valence-electron chi connectivity index (χ1n) is 9.06. The summed E-state index contributed by atoms with van der Waals surface area (Å²) in [6.45, 7) is 2.97. The lowest BCUT2D eigenvalue weighted by Crippen LogP contribution is -2.22. The Morgan fingerprint density at radius 2 is 1.90 bits per heavy atom. The molecular weight excluding hydrogens is 412 g/mol. The average molecular weight is 435 g/mol. The Hall–Kier alpha value is -2.55. The number of halogens is 1. The summed E-state index contributed by atoms with van der Waals surface area (Å²) in [7, 11) is -0.527. The summed E-state index contributed by atoms with van der Waals surface area (Å²) >= 11 is 6.03. The fourth-order valence-electron chi connectivity index (χ4n) is 2.72. The van der Waals surface area contributed by atoms with Gasteiger partial charge in [0.25, 0.3) is 0 Å². The average Bonchev–Trinajstić information content (AvgIpc) is 3.16. The Balaban J connectivity index is 1.82.